The van der Waals surface area contributed by atoms with Gasteiger partial charge in [0.05, 0.1) is 0 Å². The lowest BCUT2D eigenvalue weighted by atomic mass is 9.80. The second-order valence-corrected chi connectivity index (χ2v) is 6.14. The largest absolute Gasteiger partial charge is 0.113 e. The van der Waals surface area contributed by atoms with Crippen molar-refractivity contribution in [1.82, 2.24) is 0 Å². The third kappa shape index (κ3) is 1.38. The van der Waals surface area contributed by atoms with Gasteiger partial charge in [-0.3, -0.25) is 0 Å². The third-order valence-corrected chi connectivity index (χ3v) is 4.59. The zero-order valence-corrected chi connectivity index (χ0v) is 11.8. The summed E-state index contributed by atoms with van der Waals surface area (Å²) in [5.41, 5.74) is 6.30. The molecular weight excluding hydrogens is 239 g/mol. The molecule has 0 saturated carbocycles. The number of benzene rings is 3. The molecule has 20 heavy (non-hydrogen) atoms. The van der Waals surface area contributed by atoms with Crippen LogP contribution in [0.25, 0.3) is 21.9 Å². The minimum absolute atomic E-state index is 0.0179. The minimum atomic E-state index is 0.0179. The molecule has 4 rings (SSSR count). The van der Waals surface area contributed by atoms with Crippen molar-refractivity contribution >= 4 is 24.1 Å². The first kappa shape index (κ1) is 11.8. The number of hydrogen-bond acceptors (Lipinski definition) is 0. The van der Waals surface area contributed by atoms with Crippen LogP contribution in [0.5, 0.6) is 0 Å². The summed E-state index contributed by atoms with van der Waals surface area (Å²) in [6, 6.07) is 19.4. The highest BCUT2D eigenvalue weighted by Gasteiger charge is 2.36. The first-order valence-corrected chi connectivity index (χ1v) is 7.01. The minimum Gasteiger partial charge on any atom is -0.0963 e. The summed E-state index contributed by atoms with van der Waals surface area (Å²) in [5, 5.41) is 2.63. The second-order valence-electron chi connectivity index (χ2n) is 6.14. The number of rotatable bonds is 0. The fourth-order valence-electron chi connectivity index (χ4n) is 3.52. The van der Waals surface area contributed by atoms with Gasteiger partial charge < -0.3 is 0 Å². The monoisotopic (exact) mass is 254 g/mol. The van der Waals surface area contributed by atoms with Crippen LogP contribution in [0.3, 0.4) is 0 Å². The van der Waals surface area contributed by atoms with Crippen molar-refractivity contribution in [3.05, 3.63) is 65.7 Å². The molecule has 0 aliphatic heterocycles. The summed E-state index contributed by atoms with van der Waals surface area (Å²) in [7, 11) is 6.00. The molecule has 2 radical (unpaired) electrons. The lowest BCUT2D eigenvalue weighted by molar-refractivity contribution is 0.661. The van der Waals surface area contributed by atoms with Crippen molar-refractivity contribution in [1.29, 1.82) is 0 Å². The fourth-order valence-corrected chi connectivity index (χ4v) is 3.52. The van der Waals surface area contributed by atoms with E-state index >= 15 is 0 Å². The molecule has 0 aromatic heterocycles. The molecule has 0 N–H and O–H groups in total. The fraction of sp³-hybridized carbons (Fsp3) is 0.158. The van der Waals surface area contributed by atoms with Gasteiger partial charge in [0.15, 0.2) is 0 Å². The number of fused-ring (bicyclic) bond motifs is 5. The Morgan fingerprint density at radius 3 is 2.50 bits per heavy atom. The molecule has 0 fully saturated rings. The Bertz CT molecular complexity index is 844. The highest BCUT2D eigenvalue weighted by molar-refractivity contribution is 6.32. The molecule has 94 valence electrons. The van der Waals surface area contributed by atoms with Gasteiger partial charge in [-0.2, -0.15) is 0 Å². The Balaban J connectivity index is 2.20. The molecule has 3 aromatic carbocycles. The van der Waals surface area contributed by atoms with E-state index in [9.17, 15) is 0 Å². The van der Waals surface area contributed by atoms with Crippen molar-refractivity contribution in [3.8, 4) is 11.1 Å². The summed E-state index contributed by atoms with van der Waals surface area (Å²) >= 11 is 0. The molecule has 0 nitrogen and oxygen atoms in total. The average Bonchev–Trinajstić information content (AvgIpc) is 2.68. The van der Waals surface area contributed by atoms with Crippen LogP contribution >= 0.6 is 0 Å². The Labute approximate surface area is 120 Å². The van der Waals surface area contributed by atoms with Crippen LogP contribution in [0.4, 0.5) is 0 Å². The SMILES string of the molecule is [B]c1ccc2c(c1)C(C)(C)c1ccc3ccccc3c1-2. The molecular formula is C19H15B. The van der Waals surface area contributed by atoms with Crippen LogP contribution in [0, 0.1) is 0 Å². The molecule has 0 spiro atoms. The van der Waals surface area contributed by atoms with Crippen molar-refractivity contribution in [2.45, 2.75) is 19.3 Å². The first-order valence-electron chi connectivity index (χ1n) is 7.01. The van der Waals surface area contributed by atoms with Crippen LogP contribution in [-0.2, 0) is 5.41 Å². The maximum Gasteiger partial charge on any atom is 0.113 e. The molecule has 0 atom stereocenters. The van der Waals surface area contributed by atoms with Gasteiger partial charge in [-0.05, 0) is 33.0 Å². The van der Waals surface area contributed by atoms with E-state index in [-0.39, 0.29) is 5.41 Å². The maximum absolute atomic E-state index is 6.00. The Kier molecular flexibility index (Phi) is 2.21. The smallest absolute Gasteiger partial charge is 0.0963 e. The Morgan fingerprint density at radius 1 is 0.850 bits per heavy atom. The normalized spacial score (nSPS) is 15.1. The van der Waals surface area contributed by atoms with Crippen molar-refractivity contribution in [2.24, 2.45) is 0 Å². The zero-order chi connectivity index (χ0) is 13.9. The van der Waals surface area contributed by atoms with E-state index in [1.807, 2.05) is 6.07 Å². The van der Waals surface area contributed by atoms with Crippen LogP contribution in [0.2, 0.25) is 0 Å². The van der Waals surface area contributed by atoms with Crippen LogP contribution in [0.1, 0.15) is 25.0 Å². The lowest BCUT2D eigenvalue weighted by Crippen LogP contribution is -2.17. The van der Waals surface area contributed by atoms with Crippen LogP contribution in [0.15, 0.2) is 54.6 Å². The van der Waals surface area contributed by atoms with Crippen molar-refractivity contribution in [3.63, 3.8) is 0 Å². The standard InChI is InChI=1S/C19H15B/c1-19(2)16-10-7-12-5-3-4-6-14(12)18(16)15-9-8-13(20)11-17(15)19/h3-11H,1-2H3. The quantitative estimate of drug-likeness (QED) is 0.533. The molecule has 0 unspecified atom stereocenters. The summed E-state index contributed by atoms with van der Waals surface area (Å²) in [4.78, 5) is 0. The molecule has 1 aliphatic carbocycles. The van der Waals surface area contributed by atoms with E-state index in [1.165, 1.54) is 33.0 Å². The summed E-state index contributed by atoms with van der Waals surface area (Å²) in [5.74, 6) is 0. The van der Waals surface area contributed by atoms with Crippen LogP contribution in [-0.4, -0.2) is 7.85 Å². The predicted molar refractivity (Wildman–Crippen MR) is 86.9 cm³/mol. The second kappa shape index (κ2) is 3.76. The predicted octanol–water partition coefficient (Wildman–Crippen LogP) is 3.94. The van der Waals surface area contributed by atoms with E-state index in [4.69, 9.17) is 7.85 Å². The first-order chi connectivity index (χ1) is 9.59. The molecule has 0 bridgehead atoms. The third-order valence-electron chi connectivity index (χ3n) is 4.59. The van der Waals surface area contributed by atoms with Gasteiger partial charge in [0.25, 0.3) is 0 Å². The number of hydrogen-bond donors (Lipinski definition) is 0. The van der Waals surface area contributed by atoms with Crippen molar-refractivity contribution < 1.29 is 0 Å². The zero-order valence-electron chi connectivity index (χ0n) is 11.8. The molecule has 0 heterocycles. The topological polar surface area (TPSA) is 0 Å². The van der Waals surface area contributed by atoms with E-state index < -0.39 is 0 Å². The summed E-state index contributed by atoms with van der Waals surface area (Å²) < 4.78 is 0. The summed E-state index contributed by atoms with van der Waals surface area (Å²) in [6.45, 7) is 4.57. The highest BCUT2D eigenvalue weighted by atomic mass is 14.4. The Hall–Kier alpha value is -2.02. The van der Waals surface area contributed by atoms with Gasteiger partial charge in [0.1, 0.15) is 7.85 Å². The van der Waals surface area contributed by atoms with Crippen molar-refractivity contribution in [2.75, 3.05) is 0 Å². The molecule has 3 aromatic rings. The van der Waals surface area contributed by atoms with E-state index in [1.54, 1.807) is 0 Å². The summed E-state index contributed by atoms with van der Waals surface area (Å²) in [6.07, 6.45) is 0. The molecule has 1 aliphatic rings. The van der Waals surface area contributed by atoms with Gasteiger partial charge in [0, 0.05) is 5.41 Å². The van der Waals surface area contributed by atoms with E-state index in [2.05, 4.69) is 62.4 Å². The van der Waals surface area contributed by atoms with Gasteiger partial charge in [-0.15, -0.1) is 0 Å². The maximum atomic E-state index is 6.00. The van der Waals surface area contributed by atoms with E-state index in [0.717, 1.165) is 5.46 Å². The Morgan fingerprint density at radius 2 is 1.65 bits per heavy atom. The van der Waals surface area contributed by atoms with Gasteiger partial charge in [-0.25, -0.2) is 0 Å². The van der Waals surface area contributed by atoms with Gasteiger partial charge in [-0.1, -0.05) is 73.9 Å². The lowest BCUT2D eigenvalue weighted by Gasteiger charge is -2.22. The molecule has 0 amide bonds. The highest BCUT2D eigenvalue weighted by Crippen LogP contribution is 2.50. The van der Waals surface area contributed by atoms with Gasteiger partial charge >= 0.3 is 0 Å². The van der Waals surface area contributed by atoms with Gasteiger partial charge in [0.2, 0.25) is 0 Å². The molecule has 0 saturated heterocycles. The van der Waals surface area contributed by atoms with E-state index in [0.29, 0.717) is 0 Å². The molecule has 1 heteroatoms. The van der Waals surface area contributed by atoms with Crippen LogP contribution < -0.4 is 5.46 Å². The average molecular weight is 254 g/mol.